The summed E-state index contributed by atoms with van der Waals surface area (Å²) in [4.78, 5) is 26.5. The summed E-state index contributed by atoms with van der Waals surface area (Å²) < 4.78 is 5.79. The average molecular weight is 269 g/mol. The van der Waals surface area contributed by atoms with Crippen molar-refractivity contribution in [2.45, 2.75) is 25.2 Å². The van der Waals surface area contributed by atoms with Gasteiger partial charge in [0.25, 0.3) is 0 Å². The second-order valence-corrected chi connectivity index (χ2v) is 5.88. The molecule has 2 fully saturated rings. The lowest BCUT2D eigenvalue weighted by molar-refractivity contribution is -0.144. The molecule has 0 saturated carbocycles. The van der Waals surface area contributed by atoms with E-state index in [4.69, 9.17) is 4.74 Å². The third-order valence-electron chi connectivity index (χ3n) is 4.60. The summed E-state index contributed by atoms with van der Waals surface area (Å²) in [5, 5.41) is 0. The van der Waals surface area contributed by atoms with E-state index in [9.17, 15) is 9.59 Å². The SMILES string of the molecule is C[C@]12C=C[C@H](O1)C1C(=O)N(Cc3ccccc3)C(=O)C12. The summed E-state index contributed by atoms with van der Waals surface area (Å²) in [6.45, 7) is 2.25. The van der Waals surface area contributed by atoms with Gasteiger partial charge in [0, 0.05) is 0 Å². The van der Waals surface area contributed by atoms with Gasteiger partial charge in [-0.25, -0.2) is 0 Å². The second-order valence-electron chi connectivity index (χ2n) is 5.88. The molecular weight excluding hydrogens is 254 g/mol. The highest BCUT2D eigenvalue weighted by Crippen LogP contribution is 2.51. The number of nitrogens with zero attached hydrogens (tertiary/aromatic N) is 1. The molecule has 0 spiro atoms. The maximum Gasteiger partial charge on any atom is 0.236 e. The first-order valence-electron chi connectivity index (χ1n) is 6.86. The predicted octanol–water partition coefficient (Wildman–Crippen LogP) is 1.52. The molecule has 2 bridgehead atoms. The lowest BCUT2D eigenvalue weighted by atomic mass is 9.78. The number of carbonyl (C=O) groups excluding carboxylic acids is 2. The fourth-order valence-electron chi connectivity index (χ4n) is 3.63. The molecule has 20 heavy (non-hydrogen) atoms. The van der Waals surface area contributed by atoms with Crippen molar-refractivity contribution in [1.82, 2.24) is 4.90 Å². The van der Waals surface area contributed by atoms with Crippen LogP contribution in [0.4, 0.5) is 0 Å². The molecule has 1 aromatic carbocycles. The zero-order chi connectivity index (χ0) is 13.9. The van der Waals surface area contributed by atoms with Gasteiger partial charge in [0.2, 0.25) is 11.8 Å². The van der Waals surface area contributed by atoms with Crippen molar-refractivity contribution < 1.29 is 14.3 Å². The Labute approximate surface area is 117 Å². The number of hydrogen-bond acceptors (Lipinski definition) is 3. The third kappa shape index (κ3) is 1.40. The van der Waals surface area contributed by atoms with E-state index in [1.165, 1.54) is 4.90 Å². The van der Waals surface area contributed by atoms with Crippen molar-refractivity contribution in [3.8, 4) is 0 Å². The smallest absolute Gasteiger partial charge is 0.236 e. The Balaban J connectivity index is 1.66. The van der Waals surface area contributed by atoms with E-state index in [2.05, 4.69) is 0 Å². The van der Waals surface area contributed by atoms with Crippen molar-refractivity contribution in [2.24, 2.45) is 11.8 Å². The zero-order valence-corrected chi connectivity index (χ0v) is 11.2. The molecule has 3 heterocycles. The Hall–Kier alpha value is -1.94. The summed E-state index contributed by atoms with van der Waals surface area (Å²) in [6.07, 6.45) is 3.61. The number of benzene rings is 1. The Morgan fingerprint density at radius 1 is 1.20 bits per heavy atom. The van der Waals surface area contributed by atoms with Crippen LogP contribution in [0.2, 0.25) is 0 Å². The van der Waals surface area contributed by atoms with Gasteiger partial charge in [0.1, 0.15) is 0 Å². The van der Waals surface area contributed by atoms with E-state index >= 15 is 0 Å². The van der Waals surface area contributed by atoms with Crippen molar-refractivity contribution >= 4 is 11.8 Å². The molecule has 0 N–H and O–H groups in total. The fourth-order valence-corrected chi connectivity index (χ4v) is 3.63. The summed E-state index contributed by atoms with van der Waals surface area (Å²) in [6, 6.07) is 9.61. The molecule has 2 amide bonds. The number of imide groups is 1. The molecule has 4 nitrogen and oxygen atoms in total. The number of amides is 2. The molecule has 0 aliphatic carbocycles. The van der Waals surface area contributed by atoms with Crippen LogP contribution in [0, 0.1) is 11.8 Å². The number of hydrogen-bond donors (Lipinski definition) is 0. The van der Waals surface area contributed by atoms with Crippen molar-refractivity contribution in [3.63, 3.8) is 0 Å². The molecule has 0 radical (unpaired) electrons. The average Bonchev–Trinajstić information content (AvgIpc) is 3.04. The highest BCUT2D eigenvalue weighted by molar-refractivity contribution is 6.07. The van der Waals surface area contributed by atoms with Crippen LogP contribution in [0.15, 0.2) is 42.5 Å². The van der Waals surface area contributed by atoms with Gasteiger partial charge in [-0.1, -0.05) is 42.5 Å². The van der Waals surface area contributed by atoms with Crippen LogP contribution in [-0.2, 0) is 20.9 Å². The topological polar surface area (TPSA) is 46.6 Å². The Kier molecular flexibility index (Phi) is 2.25. The Bertz CT molecular complexity index is 624. The monoisotopic (exact) mass is 269 g/mol. The maximum absolute atomic E-state index is 12.6. The van der Waals surface area contributed by atoms with Crippen LogP contribution in [0.25, 0.3) is 0 Å². The van der Waals surface area contributed by atoms with E-state index in [1.807, 2.05) is 49.4 Å². The predicted molar refractivity (Wildman–Crippen MR) is 71.4 cm³/mol. The van der Waals surface area contributed by atoms with E-state index in [1.54, 1.807) is 0 Å². The first-order chi connectivity index (χ1) is 9.60. The second kappa shape index (κ2) is 3.79. The minimum absolute atomic E-state index is 0.0954. The van der Waals surface area contributed by atoms with Gasteiger partial charge in [-0.15, -0.1) is 0 Å². The fraction of sp³-hybridized carbons (Fsp3) is 0.375. The summed E-state index contributed by atoms with van der Waals surface area (Å²) in [5.41, 5.74) is 0.369. The van der Waals surface area contributed by atoms with Crippen LogP contribution in [-0.4, -0.2) is 28.4 Å². The zero-order valence-electron chi connectivity index (χ0n) is 11.2. The van der Waals surface area contributed by atoms with Crippen LogP contribution in [0.1, 0.15) is 12.5 Å². The lowest BCUT2D eigenvalue weighted by Gasteiger charge is -2.24. The summed E-state index contributed by atoms with van der Waals surface area (Å²) in [5.74, 6) is -0.880. The molecule has 0 aromatic heterocycles. The van der Waals surface area contributed by atoms with Crippen molar-refractivity contribution in [2.75, 3.05) is 0 Å². The molecular formula is C16H15NO3. The number of carbonyl (C=O) groups is 2. The molecule has 102 valence electrons. The maximum atomic E-state index is 12.6. The van der Waals surface area contributed by atoms with Crippen molar-refractivity contribution in [1.29, 1.82) is 0 Å². The molecule has 4 heteroatoms. The Morgan fingerprint density at radius 2 is 1.95 bits per heavy atom. The molecule has 3 aliphatic heterocycles. The minimum atomic E-state index is -0.604. The van der Waals surface area contributed by atoms with Gasteiger partial charge < -0.3 is 4.74 Å². The van der Waals surface area contributed by atoms with Crippen LogP contribution < -0.4 is 0 Å². The minimum Gasteiger partial charge on any atom is -0.362 e. The highest BCUT2D eigenvalue weighted by Gasteiger charge is 2.65. The van der Waals surface area contributed by atoms with E-state index in [0.717, 1.165) is 5.56 Å². The quantitative estimate of drug-likeness (QED) is 0.604. The summed E-state index contributed by atoms with van der Waals surface area (Å²) >= 11 is 0. The van der Waals surface area contributed by atoms with E-state index < -0.39 is 5.60 Å². The van der Waals surface area contributed by atoms with Gasteiger partial charge in [-0.05, 0) is 12.5 Å². The van der Waals surface area contributed by atoms with Crippen LogP contribution >= 0.6 is 0 Å². The van der Waals surface area contributed by atoms with Gasteiger partial charge in [0.05, 0.1) is 30.1 Å². The van der Waals surface area contributed by atoms with Gasteiger partial charge in [0.15, 0.2) is 0 Å². The van der Waals surface area contributed by atoms with Crippen molar-refractivity contribution in [3.05, 3.63) is 48.0 Å². The number of likely N-dealkylation sites (tertiary alicyclic amines) is 1. The van der Waals surface area contributed by atoms with Crippen LogP contribution in [0.3, 0.4) is 0 Å². The number of fused-ring (bicyclic) bond motifs is 5. The van der Waals surface area contributed by atoms with Crippen LogP contribution in [0.5, 0.6) is 0 Å². The van der Waals surface area contributed by atoms with Gasteiger partial charge >= 0.3 is 0 Å². The summed E-state index contributed by atoms with van der Waals surface area (Å²) in [7, 11) is 0. The first kappa shape index (κ1) is 11.9. The number of ether oxygens (including phenoxy) is 1. The largest absolute Gasteiger partial charge is 0.362 e. The lowest BCUT2D eigenvalue weighted by Crippen LogP contribution is -2.38. The van der Waals surface area contributed by atoms with E-state index in [0.29, 0.717) is 6.54 Å². The molecule has 4 atom stereocenters. The van der Waals surface area contributed by atoms with E-state index in [-0.39, 0.29) is 29.8 Å². The molecule has 4 rings (SSSR count). The Morgan fingerprint density at radius 3 is 2.65 bits per heavy atom. The normalized spacial score (nSPS) is 37.9. The van der Waals surface area contributed by atoms with Gasteiger partial charge in [-0.3, -0.25) is 14.5 Å². The molecule has 2 unspecified atom stereocenters. The molecule has 3 aliphatic rings. The standard InChI is InChI=1S/C16H15NO3/c1-16-8-7-11(20-16)12-13(16)15(19)17(14(12)18)9-10-5-3-2-4-6-10/h2-8,11-13H,9H2,1H3/t11-,12?,13?,16+/m0/s1. The molecule has 2 saturated heterocycles. The highest BCUT2D eigenvalue weighted by atomic mass is 16.5. The third-order valence-corrected chi connectivity index (χ3v) is 4.60. The number of rotatable bonds is 2. The van der Waals surface area contributed by atoms with Gasteiger partial charge in [-0.2, -0.15) is 0 Å². The first-order valence-corrected chi connectivity index (χ1v) is 6.86. The molecule has 1 aromatic rings.